The van der Waals surface area contributed by atoms with Gasteiger partial charge in [-0.15, -0.1) is 11.6 Å². The molecule has 1 heterocycles. The molecule has 0 saturated carbocycles. The molecule has 1 atom stereocenters. The summed E-state index contributed by atoms with van der Waals surface area (Å²) in [7, 11) is 0. The van der Waals surface area contributed by atoms with E-state index < -0.39 is 0 Å². The number of nitrogens with zero attached hydrogens (tertiary/aromatic N) is 1. The molecule has 23 heavy (non-hydrogen) atoms. The Morgan fingerprint density at radius 3 is 3.00 bits per heavy atom. The minimum Gasteiger partial charge on any atom is -0.508 e. The predicted octanol–water partition coefficient (Wildman–Crippen LogP) is 2.21. The lowest BCUT2D eigenvalue weighted by Crippen LogP contribution is -2.34. The quantitative estimate of drug-likeness (QED) is 0.736. The van der Waals surface area contributed by atoms with Gasteiger partial charge in [0, 0.05) is 41.0 Å². The summed E-state index contributed by atoms with van der Waals surface area (Å²) < 4.78 is 0. The Hall–Kier alpha value is -2.04. The number of alkyl halides is 1. The van der Waals surface area contributed by atoms with Gasteiger partial charge >= 0.3 is 0 Å². The number of anilines is 2. The number of hydrogen-bond donors (Lipinski definition) is 3. The first-order chi connectivity index (χ1) is 11.2. The maximum Gasteiger partial charge on any atom is 0.122 e. The molecule has 1 unspecified atom stereocenters. The zero-order valence-corrected chi connectivity index (χ0v) is 13.8. The van der Waals surface area contributed by atoms with Crippen LogP contribution >= 0.6 is 11.6 Å². The normalized spacial score (nSPS) is 16.2. The fourth-order valence-electron chi connectivity index (χ4n) is 2.62. The summed E-state index contributed by atoms with van der Waals surface area (Å²) in [5.74, 6) is 0.287. The van der Waals surface area contributed by atoms with Gasteiger partial charge < -0.3 is 15.7 Å². The molecular weight excluding hydrogens is 310 g/mol. The number of phenolic OH excluding ortho intramolecular Hbond substituents is 1. The Kier molecular flexibility index (Phi) is 4.84. The molecule has 1 aromatic heterocycles. The Labute approximate surface area is 140 Å². The monoisotopic (exact) mass is 329 g/mol. The Morgan fingerprint density at radius 1 is 1.35 bits per heavy atom. The Morgan fingerprint density at radius 2 is 2.22 bits per heavy atom. The maximum absolute atomic E-state index is 10.1. The minimum atomic E-state index is -0.000330. The summed E-state index contributed by atoms with van der Waals surface area (Å²) in [6.45, 7) is 3.57. The van der Waals surface area contributed by atoms with Crippen LogP contribution in [0.4, 0.5) is 11.4 Å². The first kappa shape index (κ1) is 15.8. The largest absolute Gasteiger partial charge is 0.508 e. The molecule has 0 aliphatic heterocycles. The van der Waals surface area contributed by atoms with E-state index in [-0.39, 0.29) is 11.1 Å². The van der Waals surface area contributed by atoms with Crippen molar-refractivity contribution in [3.8, 4) is 5.75 Å². The molecule has 120 valence electrons. The number of hydrogen-bond acceptors (Lipinski definition) is 4. The molecular formula is C18H20ClN3O. The number of benzene rings is 1. The van der Waals surface area contributed by atoms with Crippen LogP contribution in [0.2, 0.25) is 0 Å². The van der Waals surface area contributed by atoms with E-state index in [1.54, 1.807) is 12.3 Å². The molecule has 3 rings (SSSR count). The first-order valence-corrected chi connectivity index (χ1v) is 8.22. The summed E-state index contributed by atoms with van der Waals surface area (Å²) in [6, 6.07) is 7.58. The zero-order valence-electron chi connectivity index (χ0n) is 13.0. The molecule has 3 N–H and O–H groups in total. The van der Waals surface area contributed by atoms with Gasteiger partial charge in [-0.2, -0.15) is 0 Å². The van der Waals surface area contributed by atoms with Crippen molar-refractivity contribution in [3.05, 3.63) is 46.6 Å². The number of phenols is 1. The number of nitrogens with one attached hydrogen (secondary N) is 2. The fourth-order valence-corrected chi connectivity index (χ4v) is 2.83. The van der Waals surface area contributed by atoms with Gasteiger partial charge in [-0.25, -0.2) is 0 Å². The van der Waals surface area contributed by atoms with E-state index in [2.05, 4.69) is 21.7 Å². The molecule has 5 heteroatoms. The lowest BCUT2D eigenvalue weighted by Gasteiger charge is -2.13. The van der Waals surface area contributed by atoms with Crippen LogP contribution in [0.3, 0.4) is 0 Å². The molecule has 2 aromatic rings. The van der Waals surface area contributed by atoms with Gasteiger partial charge in [-0.1, -0.05) is 19.1 Å². The summed E-state index contributed by atoms with van der Waals surface area (Å²) in [5, 5.41) is 18.7. The van der Waals surface area contributed by atoms with E-state index in [4.69, 9.17) is 11.6 Å². The predicted molar refractivity (Wildman–Crippen MR) is 95.4 cm³/mol. The van der Waals surface area contributed by atoms with Crippen molar-refractivity contribution in [2.24, 2.45) is 0 Å². The van der Waals surface area contributed by atoms with Crippen molar-refractivity contribution in [1.29, 1.82) is 0 Å². The Bertz CT molecular complexity index is 820. The minimum absolute atomic E-state index is 0.000330. The summed E-state index contributed by atoms with van der Waals surface area (Å²) >= 11 is 6.15. The molecule has 0 radical (unpaired) electrons. The lowest BCUT2D eigenvalue weighted by atomic mass is 10.1. The third-order valence-corrected chi connectivity index (χ3v) is 4.14. The van der Waals surface area contributed by atoms with Crippen molar-refractivity contribution < 1.29 is 5.11 Å². The second kappa shape index (κ2) is 7.02. The highest BCUT2D eigenvalue weighted by atomic mass is 35.5. The smallest absolute Gasteiger partial charge is 0.122 e. The highest BCUT2D eigenvalue weighted by molar-refractivity contribution is 6.24. The SMILES string of the molecule is CCNCc1ccc(Nc2ccnc3c2=CCC(Cl)C=3)cc1O. The number of fused-ring (bicyclic) bond motifs is 1. The van der Waals surface area contributed by atoms with Crippen LogP contribution in [0.5, 0.6) is 5.75 Å². The second-order valence-electron chi connectivity index (χ2n) is 5.53. The van der Waals surface area contributed by atoms with E-state index in [1.807, 2.05) is 31.2 Å². The van der Waals surface area contributed by atoms with Crippen LogP contribution in [0.1, 0.15) is 18.9 Å². The van der Waals surface area contributed by atoms with Crippen LogP contribution in [0, 0.1) is 0 Å². The summed E-state index contributed by atoms with van der Waals surface area (Å²) in [6.07, 6.45) is 6.63. The van der Waals surface area contributed by atoms with Gasteiger partial charge in [-0.3, -0.25) is 4.98 Å². The molecule has 1 aliphatic rings. The molecule has 1 aromatic carbocycles. The molecule has 1 aliphatic carbocycles. The van der Waals surface area contributed by atoms with Crippen LogP contribution < -0.4 is 21.2 Å². The standard InChI is InChI=1S/C18H20ClN3O/c1-2-20-11-12-3-5-14(10-18(12)23)22-16-7-8-21-17-9-13(19)4-6-15(16)17/h3,5-10,13,20,22-23H,2,4,11H2,1H3. The lowest BCUT2D eigenvalue weighted by molar-refractivity contribution is 0.465. The van der Waals surface area contributed by atoms with Crippen LogP contribution in [0.15, 0.2) is 30.5 Å². The molecule has 0 saturated heterocycles. The second-order valence-corrected chi connectivity index (χ2v) is 6.09. The van der Waals surface area contributed by atoms with Crippen LogP contribution in [0.25, 0.3) is 12.2 Å². The van der Waals surface area contributed by atoms with Gasteiger partial charge in [-0.05, 0) is 31.2 Å². The van der Waals surface area contributed by atoms with Gasteiger partial charge in [0.15, 0.2) is 0 Å². The highest BCUT2D eigenvalue weighted by Gasteiger charge is 2.08. The number of pyridine rings is 1. The van der Waals surface area contributed by atoms with E-state index >= 15 is 0 Å². The molecule has 0 bridgehead atoms. The summed E-state index contributed by atoms with van der Waals surface area (Å²) in [4.78, 5) is 4.37. The van der Waals surface area contributed by atoms with E-state index in [0.717, 1.165) is 40.5 Å². The zero-order chi connectivity index (χ0) is 16.2. The average Bonchev–Trinajstić information content (AvgIpc) is 2.54. The number of aromatic hydroxyl groups is 1. The van der Waals surface area contributed by atoms with Gasteiger partial charge in [0.25, 0.3) is 0 Å². The van der Waals surface area contributed by atoms with Crippen molar-refractivity contribution in [1.82, 2.24) is 10.3 Å². The molecule has 0 amide bonds. The molecule has 0 spiro atoms. The average molecular weight is 330 g/mol. The van der Waals surface area contributed by atoms with E-state index in [1.165, 1.54) is 0 Å². The maximum atomic E-state index is 10.1. The molecule has 0 fully saturated rings. The molecule has 4 nitrogen and oxygen atoms in total. The van der Waals surface area contributed by atoms with Gasteiger partial charge in [0.2, 0.25) is 0 Å². The van der Waals surface area contributed by atoms with Gasteiger partial charge in [0.1, 0.15) is 5.75 Å². The van der Waals surface area contributed by atoms with Crippen molar-refractivity contribution in [2.75, 3.05) is 11.9 Å². The third kappa shape index (κ3) is 3.66. The number of aromatic nitrogens is 1. The van der Waals surface area contributed by atoms with Crippen LogP contribution in [-0.2, 0) is 6.54 Å². The number of rotatable bonds is 5. The third-order valence-electron chi connectivity index (χ3n) is 3.84. The summed E-state index contributed by atoms with van der Waals surface area (Å²) in [5.41, 5.74) is 2.70. The Balaban J connectivity index is 1.88. The van der Waals surface area contributed by atoms with Crippen molar-refractivity contribution in [3.63, 3.8) is 0 Å². The van der Waals surface area contributed by atoms with Gasteiger partial charge in [0.05, 0.1) is 10.7 Å². The van der Waals surface area contributed by atoms with Crippen molar-refractivity contribution >= 4 is 35.1 Å². The first-order valence-electron chi connectivity index (χ1n) is 7.78. The van der Waals surface area contributed by atoms with E-state index in [9.17, 15) is 5.11 Å². The van der Waals surface area contributed by atoms with E-state index in [0.29, 0.717) is 6.54 Å². The number of halogens is 1. The highest BCUT2D eigenvalue weighted by Crippen LogP contribution is 2.23. The topological polar surface area (TPSA) is 57.2 Å². The van der Waals surface area contributed by atoms with Crippen LogP contribution in [-0.4, -0.2) is 22.0 Å². The van der Waals surface area contributed by atoms with Crippen molar-refractivity contribution in [2.45, 2.75) is 25.3 Å². The fraction of sp³-hybridized carbons (Fsp3) is 0.278.